The highest BCUT2D eigenvalue weighted by molar-refractivity contribution is 7.99. The van der Waals surface area contributed by atoms with Crippen molar-refractivity contribution in [1.29, 1.82) is 0 Å². The van der Waals surface area contributed by atoms with E-state index in [1.54, 1.807) is 11.8 Å². The second-order valence-corrected chi connectivity index (χ2v) is 6.01. The molecule has 1 aromatic carbocycles. The zero-order valence-corrected chi connectivity index (χ0v) is 13.8. The quantitative estimate of drug-likeness (QED) is 0.862. The van der Waals surface area contributed by atoms with Crippen molar-refractivity contribution in [2.45, 2.75) is 12.2 Å². The Labute approximate surface area is 146 Å². The molecule has 0 radical (unpaired) electrons. The van der Waals surface area contributed by atoms with Crippen LogP contribution in [0, 0.1) is 0 Å². The first-order valence-corrected chi connectivity index (χ1v) is 7.93. The fourth-order valence-electron chi connectivity index (χ4n) is 2.15. The zero-order chi connectivity index (χ0) is 16.4. The van der Waals surface area contributed by atoms with Crippen LogP contribution in [0.25, 0.3) is 5.69 Å². The highest BCUT2D eigenvalue weighted by atomic mass is 35.5. The summed E-state index contributed by atoms with van der Waals surface area (Å²) in [6.45, 7) is 0. The molecule has 1 amide bonds. The Hall–Kier alpha value is -1.71. The highest BCUT2D eigenvalue weighted by Crippen LogP contribution is 2.30. The van der Waals surface area contributed by atoms with Crippen molar-refractivity contribution >= 4 is 35.8 Å². The summed E-state index contributed by atoms with van der Waals surface area (Å²) in [4.78, 5) is 12.0. The predicted molar refractivity (Wildman–Crippen MR) is 88.7 cm³/mol. The van der Waals surface area contributed by atoms with E-state index in [1.165, 1.54) is 29.2 Å². The number of benzene rings is 1. The van der Waals surface area contributed by atoms with Crippen LogP contribution >= 0.6 is 24.2 Å². The number of anilines is 1. The van der Waals surface area contributed by atoms with Gasteiger partial charge in [-0.15, -0.1) is 24.2 Å². The monoisotopic (exact) mass is 378 g/mol. The molecule has 3 rings (SSSR count). The molecule has 1 unspecified atom stereocenters. The van der Waals surface area contributed by atoms with Crippen LogP contribution in [-0.4, -0.2) is 33.4 Å². The lowest BCUT2D eigenvalue weighted by Crippen LogP contribution is -2.37. The Morgan fingerprint density at radius 1 is 1.42 bits per heavy atom. The lowest BCUT2D eigenvalue weighted by molar-refractivity contribution is -0.137. The average molecular weight is 379 g/mol. The van der Waals surface area contributed by atoms with Gasteiger partial charge in [0.2, 0.25) is 5.91 Å². The van der Waals surface area contributed by atoms with Crippen LogP contribution in [0.5, 0.6) is 0 Å². The summed E-state index contributed by atoms with van der Waals surface area (Å²) < 4.78 is 39.5. The van der Waals surface area contributed by atoms with E-state index in [4.69, 9.17) is 0 Å². The van der Waals surface area contributed by atoms with Crippen molar-refractivity contribution in [3.8, 4) is 5.69 Å². The van der Waals surface area contributed by atoms with Gasteiger partial charge in [0.25, 0.3) is 0 Å². The van der Waals surface area contributed by atoms with Gasteiger partial charge in [0, 0.05) is 11.6 Å². The molecule has 2 aromatic rings. The second kappa shape index (κ2) is 7.45. The largest absolute Gasteiger partial charge is 0.416 e. The molecule has 1 saturated heterocycles. The molecule has 1 atom stereocenters. The first-order valence-electron chi connectivity index (χ1n) is 6.78. The molecule has 130 valence electrons. The fourth-order valence-corrected chi connectivity index (χ4v) is 3.09. The minimum absolute atomic E-state index is 0. The Morgan fingerprint density at radius 2 is 2.21 bits per heavy atom. The first kappa shape index (κ1) is 18.6. The van der Waals surface area contributed by atoms with Gasteiger partial charge in [0.05, 0.1) is 35.4 Å². The maximum Gasteiger partial charge on any atom is 0.416 e. The van der Waals surface area contributed by atoms with Crippen molar-refractivity contribution in [3.63, 3.8) is 0 Å². The Balaban J connectivity index is 0.00000208. The number of carbonyl (C=O) groups is 1. The van der Waals surface area contributed by atoms with E-state index < -0.39 is 11.7 Å². The molecule has 1 aromatic heterocycles. The van der Waals surface area contributed by atoms with E-state index in [9.17, 15) is 18.0 Å². The van der Waals surface area contributed by atoms with Crippen molar-refractivity contribution in [3.05, 3.63) is 42.2 Å². The van der Waals surface area contributed by atoms with Gasteiger partial charge < -0.3 is 5.32 Å². The van der Waals surface area contributed by atoms with E-state index in [1.807, 2.05) is 0 Å². The van der Waals surface area contributed by atoms with Gasteiger partial charge in [-0.2, -0.15) is 18.3 Å². The fraction of sp³-hybridized carbons (Fsp3) is 0.286. The highest BCUT2D eigenvalue weighted by Gasteiger charge is 2.30. The second-order valence-electron chi connectivity index (χ2n) is 4.98. The maximum absolute atomic E-state index is 12.7. The molecule has 0 aliphatic carbocycles. The SMILES string of the molecule is Cl.O=C(Nc1cnn(-c2cccc(C(F)(F)F)c2)c1)C1CSCN1. The smallest absolute Gasteiger partial charge is 0.322 e. The van der Waals surface area contributed by atoms with Gasteiger partial charge in [-0.05, 0) is 18.2 Å². The molecule has 0 spiro atoms. The molecular formula is C14H14ClF3N4OS. The van der Waals surface area contributed by atoms with E-state index in [2.05, 4.69) is 15.7 Å². The summed E-state index contributed by atoms with van der Waals surface area (Å²) >= 11 is 1.63. The number of nitrogens with zero attached hydrogens (tertiary/aromatic N) is 2. The summed E-state index contributed by atoms with van der Waals surface area (Å²) in [5.74, 6) is 1.23. The van der Waals surface area contributed by atoms with Crippen LogP contribution in [0.1, 0.15) is 5.56 Å². The number of aromatic nitrogens is 2. The average Bonchev–Trinajstić information content (AvgIpc) is 3.18. The molecule has 1 aliphatic rings. The topological polar surface area (TPSA) is 59.0 Å². The number of hydrogen-bond donors (Lipinski definition) is 2. The Morgan fingerprint density at radius 3 is 2.88 bits per heavy atom. The number of hydrogen-bond acceptors (Lipinski definition) is 4. The van der Waals surface area contributed by atoms with Crippen molar-refractivity contribution in [2.24, 2.45) is 0 Å². The molecule has 1 fully saturated rings. The van der Waals surface area contributed by atoms with Crippen LogP contribution in [0.3, 0.4) is 0 Å². The summed E-state index contributed by atoms with van der Waals surface area (Å²) in [5, 5.41) is 9.73. The van der Waals surface area contributed by atoms with Gasteiger partial charge >= 0.3 is 6.18 Å². The molecule has 2 N–H and O–H groups in total. The number of halogens is 4. The normalized spacial score (nSPS) is 17.4. The van der Waals surface area contributed by atoms with Crippen molar-refractivity contribution in [1.82, 2.24) is 15.1 Å². The van der Waals surface area contributed by atoms with E-state index in [-0.39, 0.29) is 30.0 Å². The molecule has 1 aliphatic heterocycles. The Kier molecular flexibility index (Phi) is 5.79. The van der Waals surface area contributed by atoms with E-state index in [0.717, 1.165) is 18.0 Å². The van der Waals surface area contributed by atoms with Crippen molar-refractivity contribution in [2.75, 3.05) is 16.9 Å². The van der Waals surface area contributed by atoms with Crippen LogP contribution in [-0.2, 0) is 11.0 Å². The third-order valence-corrected chi connectivity index (χ3v) is 4.26. The lowest BCUT2D eigenvalue weighted by atomic mass is 10.2. The number of carbonyl (C=O) groups excluding carboxylic acids is 1. The van der Waals surface area contributed by atoms with Crippen molar-refractivity contribution < 1.29 is 18.0 Å². The van der Waals surface area contributed by atoms with E-state index in [0.29, 0.717) is 11.4 Å². The minimum Gasteiger partial charge on any atom is -0.322 e. The summed E-state index contributed by atoms with van der Waals surface area (Å²) in [6, 6.07) is 4.57. The summed E-state index contributed by atoms with van der Waals surface area (Å²) in [7, 11) is 0. The standard InChI is InChI=1S/C14H13F3N4OS.ClH/c15-14(16,17)9-2-1-3-11(4-9)21-6-10(5-19-21)20-13(22)12-7-23-8-18-12;/h1-6,12,18H,7-8H2,(H,20,22);1H. The molecule has 24 heavy (non-hydrogen) atoms. The number of thioether (sulfide) groups is 1. The van der Waals surface area contributed by atoms with Crippen LogP contribution in [0.2, 0.25) is 0 Å². The summed E-state index contributed by atoms with van der Waals surface area (Å²) in [6.07, 6.45) is -1.53. The molecular weight excluding hydrogens is 365 g/mol. The summed E-state index contributed by atoms with van der Waals surface area (Å²) in [5.41, 5.74) is -0.0377. The van der Waals surface area contributed by atoms with Gasteiger partial charge in [-0.1, -0.05) is 6.07 Å². The number of alkyl halides is 3. The first-order chi connectivity index (χ1) is 10.9. The molecule has 10 heteroatoms. The number of amides is 1. The molecule has 5 nitrogen and oxygen atoms in total. The van der Waals surface area contributed by atoms with Gasteiger partial charge in [-0.25, -0.2) is 4.68 Å². The van der Waals surface area contributed by atoms with Gasteiger partial charge in [0.15, 0.2) is 0 Å². The van der Waals surface area contributed by atoms with Gasteiger partial charge in [0.1, 0.15) is 0 Å². The maximum atomic E-state index is 12.7. The van der Waals surface area contributed by atoms with Crippen LogP contribution in [0.4, 0.5) is 18.9 Å². The molecule has 0 bridgehead atoms. The third-order valence-electron chi connectivity index (χ3n) is 3.32. The third kappa shape index (κ3) is 4.22. The van der Waals surface area contributed by atoms with Gasteiger partial charge in [-0.3, -0.25) is 10.1 Å². The van der Waals surface area contributed by atoms with E-state index >= 15 is 0 Å². The number of nitrogens with one attached hydrogen (secondary N) is 2. The van der Waals surface area contributed by atoms with Crippen LogP contribution < -0.4 is 10.6 Å². The zero-order valence-electron chi connectivity index (χ0n) is 12.2. The van der Waals surface area contributed by atoms with Crippen LogP contribution in [0.15, 0.2) is 36.7 Å². The number of rotatable bonds is 3. The molecule has 0 saturated carbocycles. The molecule has 2 heterocycles. The lowest BCUT2D eigenvalue weighted by Gasteiger charge is -2.09. The minimum atomic E-state index is -4.41. The Bertz CT molecular complexity index is 716. The predicted octanol–water partition coefficient (Wildman–Crippen LogP) is 2.91.